The minimum atomic E-state index is -0.0752. The van der Waals surface area contributed by atoms with Gasteiger partial charge in [-0.1, -0.05) is 6.07 Å². The van der Waals surface area contributed by atoms with E-state index in [2.05, 4.69) is 10.6 Å². The molecular weight excluding hydrogens is 228 g/mol. The summed E-state index contributed by atoms with van der Waals surface area (Å²) in [7, 11) is 0. The lowest BCUT2D eigenvalue weighted by Crippen LogP contribution is -2.06. The van der Waals surface area contributed by atoms with Gasteiger partial charge in [-0.2, -0.15) is 0 Å². The standard InChI is InChI=1S/C14H16N2O2/c1-10-6-7-14(18-10)9-15-12-4-3-5-13(8-12)16-11(2)17/h3-8,15H,9H2,1-2H3,(H,16,17). The molecule has 1 aromatic heterocycles. The molecule has 0 aliphatic carbocycles. The number of furan rings is 1. The normalized spacial score (nSPS) is 10.1. The highest BCUT2D eigenvalue weighted by Gasteiger charge is 2.00. The summed E-state index contributed by atoms with van der Waals surface area (Å²) in [6.07, 6.45) is 0. The fraction of sp³-hybridized carbons (Fsp3) is 0.214. The number of aryl methyl sites for hydroxylation is 1. The number of rotatable bonds is 4. The second-order valence-corrected chi connectivity index (χ2v) is 4.13. The molecule has 4 heteroatoms. The largest absolute Gasteiger partial charge is 0.465 e. The van der Waals surface area contributed by atoms with Crippen LogP contribution in [-0.2, 0) is 11.3 Å². The minimum Gasteiger partial charge on any atom is -0.465 e. The Hall–Kier alpha value is -2.23. The summed E-state index contributed by atoms with van der Waals surface area (Å²) in [5.74, 6) is 1.71. The van der Waals surface area contributed by atoms with Crippen molar-refractivity contribution in [3.63, 3.8) is 0 Å². The first-order valence-corrected chi connectivity index (χ1v) is 5.80. The third kappa shape index (κ3) is 3.38. The summed E-state index contributed by atoms with van der Waals surface area (Å²) in [5, 5.41) is 5.99. The van der Waals surface area contributed by atoms with E-state index in [0.717, 1.165) is 22.9 Å². The summed E-state index contributed by atoms with van der Waals surface area (Å²) in [6, 6.07) is 11.5. The van der Waals surface area contributed by atoms with Gasteiger partial charge in [-0.15, -0.1) is 0 Å². The van der Waals surface area contributed by atoms with Crippen molar-refractivity contribution in [2.75, 3.05) is 10.6 Å². The van der Waals surface area contributed by atoms with E-state index in [1.807, 2.05) is 43.3 Å². The first-order valence-electron chi connectivity index (χ1n) is 5.80. The Labute approximate surface area is 106 Å². The predicted molar refractivity (Wildman–Crippen MR) is 71.5 cm³/mol. The van der Waals surface area contributed by atoms with Crippen LogP contribution in [-0.4, -0.2) is 5.91 Å². The summed E-state index contributed by atoms with van der Waals surface area (Å²) >= 11 is 0. The van der Waals surface area contributed by atoms with E-state index in [9.17, 15) is 4.79 Å². The summed E-state index contributed by atoms with van der Waals surface area (Å²) < 4.78 is 5.47. The highest BCUT2D eigenvalue weighted by molar-refractivity contribution is 5.89. The monoisotopic (exact) mass is 244 g/mol. The Morgan fingerprint density at radius 2 is 2.00 bits per heavy atom. The number of carbonyl (C=O) groups is 1. The first kappa shape index (κ1) is 12.2. The molecule has 0 bridgehead atoms. The predicted octanol–water partition coefficient (Wildman–Crippen LogP) is 3.16. The van der Waals surface area contributed by atoms with Crippen LogP contribution in [0.1, 0.15) is 18.4 Å². The fourth-order valence-electron chi connectivity index (χ4n) is 1.68. The quantitative estimate of drug-likeness (QED) is 0.868. The van der Waals surface area contributed by atoms with Crippen LogP contribution < -0.4 is 10.6 Å². The lowest BCUT2D eigenvalue weighted by molar-refractivity contribution is -0.114. The van der Waals surface area contributed by atoms with Crippen molar-refractivity contribution >= 4 is 17.3 Å². The molecule has 4 nitrogen and oxygen atoms in total. The van der Waals surface area contributed by atoms with Crippen molar-refractivity contribution in [2.45, 2.75) is 20.4 Å². The average Bonchev–Trinajstić information content (AvgIpc) is 2.72. The van der Waals surface area contributed by atoms with Crippen molar-refractivity contribution in [1.29, 1.82) is 0 Å². The molecule has 0 unspecified atom stereocenters. The van der Waals surface area contributed by atoms with E-state index in [4.69, 9.17) is 4.42 Å². The molecule has 0 aliphatic rings. The van der Waals surface area contributed by atoms with E-state index in [-0.39, 0.29) is 5.91 Å². The fourth-order valence-corrected chi connectivity index (χ4v) is 1.68. The number of hydrogen-bond acceptors (Lipinski definition) is 3. The molecule has 0 fully saturated rings. The molecule has 0 radical (unpaired) electrons. The van der Waals surface area contributed by atoms with Crippen molar-refractivity contribution in [3.05, 3.63) is 47.9 Å². The van der Waals surface area contributed by atoms with Crippen molar-refractivity contribution in [3.8, 4) is 0 Å². The van der Waals surface area contributed by atoms with Gasteiger partial charge in [-0.05, 0) is 37.3 Å². The molecule has 0 atom stereocenters. The highest BCUT2D eigenvalue weighted by atomic mass is 16.3. The summed E-state index contributed by atoms with van der Waals surface area (Å²) in [5.41, 5.74) is 1.72. The smallest absolute Gasteiger partial charge is 0.221 e. The topological polar surface area (TPSA) is 54.3 Å². The molecule has 2 rings (SSSR count). The number of nitrogens with one attached hydrogen (secondary N) is 2. The number of hydrogen-bond donors (Lipinski definition) is 2. The summed E-state index contributed by atoms with van der Waals surface area (Å²) in [6.45, 7) is 4.03. The maximum absolute atomic E-state index is 11.0. The Morgan fingerprint density at radius 3 is 2.67 bits per heavy atom. The zero-order chi connectivity index (χ0) is 13.0. The maximum Gasteiger partial charge on any atom is 0.221 e. The lowest BCUT2D eigenvalue weighted by atomic mass is 10.2. The van der Waals surface area contributed by atoms with E-state index in [1.54, 1.807) is 0 Å². The van der Waals surface area contributed by atoms with Crippen LogP contribution in [0.15, 0.2) is 40.8 Å². The number of amides is 1. The van der Waals surface area contributed by atoms with Gasteiger partial charge in [0.15, 0.2) is 0 Å². The van der Waals surface area contributed by atoms with Gasteiger partial charge < -0.3 is 15.1 Å². The van der Waals surface area contributed by atoms with Gasteiger partial charge in [-0.3, -0.25) is 4.79 Å². The van der Waals surface area contributed by atoms with E-state index < -0.39 is 0 Å². The molecule has 94 valence electrons. The van der Waals surface area contributed by atoms with E-state index in [0.29, 0.717) is 6.54 Å². The van der Waals surface area contributed by atoms with Crippen molar-refractivity contribution in [2.24, 2.45) is 0 Å². The van der Waals surface area contributed by atoms with Gasteiger partial charge in [0.25, 0.3) is 0 Å². The molecule has 1 amide bonds. The maximum atomic E-state index is 11.0. The molecular formula is C14H16N2O2. The molecule has 2 N–H and O–H groups in total. The van der Waals surface area contributed by atoms with Crippen molar-refractivity contribution in [1.82, 2.24) is 0 Å². The van der Waals surface area contributed by atoms with Gasteiger partial charge in [-0.25, -0.2) is 0 Å². The number of carbonyl (C=O) groups excluding carboxylic acids is 1. The number of anilines is 2. The van der Waals surface area contributed by atoms with Crippen LogP contribution in [0.25, 0.3) is 0 Å². The van der Waals surface area contributed by atoms with Gasteiger partial charge in [0, 0.05) is 18.3 Å². The first-order chi connectivity index (χ1) is 8.63. The molecule has 0 saturated heterocycles. The Morgan fingerprint density at radius 1 is 1.22 bits per heavy atom. The third-order valence-electron chi connectivity index (χ3n) is 2.45. The SMILES string of the molecule is CC(=O)Nc1cccc(NCc2ccc(C)o2)c1. The Bertz CT molecular complexity index is 546. The molecule has 1 aromatic carbocycles. The second-order valence-electron chi connectivity index (χ2n) is 4.13. The molecule has 0 saturated carbocycles. The number of benzene rings is 1. The van der Waals surface area contributed by atoms with Crippen LogP contribution in [0, 0.1) is 6.92 Å². The van der Waals surface area contributed by atoms with Crippen LogP contribution in [0.2, 0.25) is 0 Å². The highest BCUT2D eigenvalue weighted by Crippen LogP contribution is 2.16. The average molecular weight is 244 g/mol. The lowest BCUT2D eigenvalue weighted by Gasteiger charge is -2.07. The molecule has 0 aliphatic heterocycles. The van der Waals surface area contributed by atoms with Crippen LogP contribution in [0.4, 0.5) is 11.4 Å². The van der Waals surface area contributed by atoms with Crippen LogP contribution in [0.5, 0.6) is 0 Å². The van der Waals surface area contributed by atoms with Crippen molar-refractivity contribution < 1.29 is 9.21 Å². The molecule has 2 aromatic rings. The second kappa shape index (κ2) is 5.40. The van der Waals surface area contributed by atoms with Gasteiger partial charge in [0.05, 0.1) is 6.54 Å². The molecule has 0 spiro atoms. The van der Waals surface area contributed by atoms with Gasteiger partial charge in [0.1, 0.15) is 11.5 Å². The van der Waals surface area contributed by atoms with E-state index >= 15 is 0 Å². The third-order valence-corrected chi connectivity index (χ3v) is 2.45. The molecule has 1 heterocycles. The summed E-state index contributed by atoms with van der Waals surface area (Å²) in [4.78, 5) is 11.0. The molecule has 18 heavy (non-hydrogen) atoms. The van der Waals surface area contributed by atoms with Gasteiger partial charge in [0.2, 0.25) is 5.91 Å². The Kier molecular flexibility index (Phi) is 3.67. The Balaban J connectivity index is 1.98. The van der Waals surface area contributed by atoms with Gasteiger partial charge >= 0.3 is 0 Å². The minimum absolute atomic E-state index is 0.0752. The van der Waals surface area contributed by atoms with E-state index in [1.165, 1.54) is 6.92 Å². The van der Waals surface area contributed by atoms with Crippen LogP contribution in [0.3, 0.4) is 0 Å². The zero-order valence-electron chi connectivity index (χ0n) is 10.5. The zero-order valence-corrected chi connectivity index (χ0v) is 10.5. The van der Waals surface area contributed by atoms with Crippen LogP contribution >= 0.6 is 0 Å².